The maximum Gasteiger partial charge on any atom is 0.408 e. The number of hydrogen-bond donors (Lipinski definition) is 3. The number of alkyl carbamates (subject to hydrolysis) is 1. The van der Waals surface area contributed by atoms with Gasteiger partial charge in [0, 0.05) is 23.6 Å². The number of ether oxygens (including phenoxy) is 1. The molecule has 0 spiro atoms. The molecular weight excluding hydrogens is 565 g/mol. The van der Waals surface area contributed by atoms with Crippen molar-refractivity contribution in [3.8, 4) is 0 Å². The largest absolute Gasteiger partial charge is 0.446 e. The van der Waals surface area contributed by atoms with Crippen LogP contribution in [0, 0.1) is 11.3 Å². The predicted molar refractivity (Wildman–Crippen MR) is 159 cm³/mol. The van der Waals surface area contributed by atoms with E-state index in [0.717, 1.165) is 31.2 Å². The molecule has 3 fully saturated rings. The fraction of sp³-hybridized carbons (Fsp3) is 0.633. The maximum atomic E-state index is 13.8. The van der Waals surface area contributed by atoms with Gasteiger partial charge in [0.1, 0.15) is 23.5 Å². The van der Waals surface area contributed by atoms with Gasteiger partial charge in [-0.2, -0.15) is 0 Å². The first-order chi connectivity index (χ1) is 19.3. The molecule has 3 amide bonds. The zero-order chi connectivity index (χ0) is 30.0. The molecule has 1 unspecified atom stereocenters. The van der Waals surface area contributed by atoms with Crippen LogP contribution >= 0.6 is 19.0 Å². The van der Waals surface area contributed by atoms with Gasteiger partial charge in [0.05, 0.1) is 0 Å². The number of rotatable bonds is 10. The van der Waals surface area contributed by atoms with Gasteiger partial charge in [-0.3, -0.25) is 14.2 Å². The van der Waals surface area contributed by atoms with Crippen LogP contribution in [-0.4, -0.2) is 63.9 Å². The molecule has 0 bridgehead atoms. The smallest absolute Gasteiger partial charge is 0.408 e. The lowest BCUT2D eigenvalue weighted by Crippen LogP contribution is -2.58. The van der Waals surface area contributed by atoms with Gasteiger partial charge in [-0.15, -0.1) is 6.58 Å². The fourth-order valence-corrected chi connectivity index (χ4v) is 8.65. The summed E-state index contributed by atoms with van der Waals surface area (Å²) >= 11 is 6.26. The molecule has 5 atom stereocenters. The van der Waals surface area contributed by atoms with Crippen LogP contribution in [0.5, 0.6) is 0 Å². The van der Waals surface area contributed by atoms with Gasteiger partial charge in [-0.1, -0.05) is 56.6 Å². The van der Waals surface area contributed by atoms with Crippen molar-refractivity contribution in [1.29, 1.82) is 0 Å². The van der Waals surface area contributed by atoms with Crippen molar-refractivity contribution >= 4 is 36.9 Å². The zero-order valence-electron chi connectivity index (χ0n) is 24.2. The number of likely N-dealkylation sites (tertiary alicyclic amines) is 1. The highest BCUT2D eigenvalue weighted by atomic mass is 35.5. The molecule has 1 saturated heterocycles. The second kappa shape index (κ2) is 12.5. The van der Waals surface area contributed by atoms with E-state index >= 15 is 0 Å². The molecule has 0 aromatic heterocycles. The first-order valence-electron chi connectivity index (χ1n) is 14.6. The fourth-order valence-electron chi connectivity index (χ4n) is 6.08. The highest BCUT2D eigenvalue weighted by molar-refractivity contribution is 7.60. The second-order valence-corrected chi connectivity index (χ2v) is 15.7. The van der Waals surface area contributed by atoms with Crippen LogP contribution in [0.3, 0.4) is 0 Å². The van der Waals surface area contributed by atoms with Gasteiger partial charge in [0.15, 0.2) is 0 Å². The van der Waals surface area contributed by atoms with Crippen molar-refractivity contribution in [2.75, 3.05) is 12.7 Å². The summed E-state index contributed by atoms with van der Waals surface area (Å²) in [6.07, 6.45) is 6.06. The molecule has 2 saturated carbocycles. The van der Waals surface area contributed by atoms with Crippen LogP contribution in [0.1, 0.15) is 71.3 Å². The number of amides is 3. The van der Waals surface area contributed by atoms with Crippen LogP contribution in [0.25, 0.3) is 0 Å². The molecule has 2 aliphatic carbocycles. The number of halogens is 1. The highest BCUT2D eigenvalue weighted by Gasteiger charge is 2.65. The molecule has 4 rings (SSSR count). The van der Waals surface area contributed by atoms with E-state index in [9.17, 15) is 23.8 Å². The van der Waals surface area contributed by atoms with Crippen molar-refractivity contribution in [1.82, 2.24) is 15.5 Å². The molecule has 1 heterocycles. The highest BCUT2D eigenvalue weighted by Crippen LogP contribution is 2.69. The molecule has 9 nitrogen and oxygen atoms in total. The summed E-state index contributed by atoms with van der Waals surface area (Å²) in [5, 5.41) is 4.86. The lowest BCUT2D eigenvalue weighted by atomic mass is 9.85. The maximum absolute atomic E-state index is 13.8. The van der Waals surface area contributed by atoms with Crippen molar-refractivity contribution < 1.29 is 28.6 Å². The van der Waals surface area contributed by atoms with Crippen molar-refractivity contribution in [3.63, 3.8) is 0 Å². The molecule has 11 heteroatoms. The zero-order valence-corrected chi connectivity index (χ0v) is 25.9. The monoisotopic (exact) mass is 607 g/mol. The van der Waals surface area contributed by atoms with Crippen LogP contribution in [0.15, 0.2) is 36.9 Å². The lowest BCUT2D eigenvalue weighted by Gasteiger charge is -2.36. The molecule has 1 aromatic carbocycles. The average Bonchev–Trinajstić information content (AvgIpc) is 3.24. The van der Waals surface area contributed by atoms with E-state index in [1.807, 2.05) is 32.9 Å². The lowest BCUT2D eigenvalue weighted by molar-refractivity contribution is -0.142. The van der Waals surface area contributed by atoms with E-state index in [2.05, 4.69) is 17.2 Å². The normalized spacial score (nSPS) is 26.6. The Morgan fingerprint density at radius 3 is 2.51 bits per heavy atom. The third kappa shape index (κ3) is 7.00. The van der Waals surface area contributed by atoms with Gasteiger partial charge in [0.2, 0.25) is 19.2 Å². The first kappa shape index (κ1) is 31.6. The molecule has 1 aliphatic heterocycles. The second-order valence-electron chi connectivity index (χ2n) is 12.7. The van der Waals surface area contributed by atoms with E-state index < -0.39 is 42.1 Å². The third-order valence-electron chi connectivity index (χ3n) is 8.66. The Morgan fingerprint density at radius 2 is 1.90 bits per heavy atom. The summed E-state index contributed by atoms with van der Waals surface area (Å²) in [6.45, 7) is 9.71. The Bertz CT molecular complexity index is 1210. The minimum atomic E-state index is -3.90. The van der Waals surface area contributed by atoms with Crippen molar-refractivity contribution in [2.45, 2.75) is 95.6 Å². The summed E-state index contributed by atoms with van der Waals surface area (Å²) < 4.78 is 19.3. The van der Waals surface area contributed by atoms with Crippen molar-refractivity contribution in [3.05, 3.63) is 47.5 Å². The molecule has 41 heavy (non-hydrogen) atoms. The van der Waals surface area contributed by atoms with Crippen LogP contribution in [0.4, 0.5) is 4.79 Å². The van der Waals surface area contributed by atoms with E-state index in [-0.39, 0.29) is 24.1 Å². The minimum Gasteiger partial charge on any atom is -0.446 e. The summed E-state index contributed by atoms with van der Waals surface area (Å²) in [7, 11) is -3.90. The number of hydrogen-bond acceptors (Lipinski definition) is 5. The van der Waals surface area contributed by atoms with Crippen LogP contribution in [-0.2, 0) is 25.3 Å². The third-order valence-corrected chi connectivity index (χ3v) is 11.7. The van der Waals surface area contributed by atoms with E-state index in [1.54, 1.807) is 18.2 Å². The van der Waals surface area contributed by atoms with Crippen LogP contribution < -0.4 is 10.6 Å². The summed E-state index contributed by atoms with van der Waals surface area (Å²) in [6, 6.07) is 5.46. The molecule has 226 valence electrons. The first-order valence-corrected chi connectivity index (χ1v) is 16.8. The van der Waals surface area contributed by atoms with E-state index in [4.69, 9.17) is 16.3 Å². The van der Waals surface area contributed by atoms with Crippen LogP contribution in [0.2, 0.25) is 5.02 Å². The number of nitrogens with one attached hydrogen (secondary N) is 2. The Morgan fingerprint density at radius 1 is 1.22 bits per heavy atom. The SMILES string of the molecule is C=C[C@@H]1C[C@]1(NC(=O)[C@@H]1CCCN1C(=O)[C@@H](NC(=O)OC1CCCC1)C(C)(C)C)P(=O)(O)CCc1ccccc1Cl. The average molecular weight is 608 g/mol. The molecule has 1 aromatic rings. The topological polar surface area (TPSA) is 125 Å². The van der Waals surface area contributed by atoms with Gasteiger partial charge < -0.3 is 25.2 Å². The molecular formula is C30H43ClN3O6P. The standard InChI is InChI=1S/C30H43ClN3O6P/c1-5-21-19-30(21,41(38,39)18-16-20-11-6-9-14-23(20)31)33-26(35)24-15-10-17-34(24)27(36)25(29(2,3)4)32-28(37)40-22-12-7-8-13-22/h5-6,9,11,14,21-22,24-25H,1,7-8,10,12-13,15-19H2,2-4H3,(H,32,37)(H,33,35)(H,38,39)/t21-,24+,25-,30+/m1/s1. The van der Waals surface area contributed by atoms with Gasteiger partial charge in [-0.05, 0) is 68.4 Å². The van der Waals surface area contributed by atoms with Gasteiger partial charge >= 0.3 is 6.09 Å². The number of nitrogens with zero attached hydrogens (tertiary/aromatic N) is 1. The summed E-state index contributed by atoms with van der Waals surface area (Å²) in [5.74, 6) is -1.18. The number of aryl methyl sites for hydroxylation is 1. The number of benzene rings is 1. The quantitative estimate of drug-likeness (QED) is 0.247. The Kier molecular flexibility index (Phi) is 9.62. The molecule has 3 N–H and O–H groups in total. The number of carbonyl (C=O) groups is 3. The Balaban J connectivity index is 1.46. The summed E-state index contributed by atoms with van der Waals surface area (Å²) in [5.41, 5.74) is 0.126. The molecule has 3 aliphatic rings. The molecule has 0 radical (unpaired) electrons. The van der Waals surface area contributed by atoms with Gasteiger partial charge in [0.25, 0.3) is 0 Å². The van der Waals surface area contributed by atoms with Crippen molar-refractivity contribution in [2.24, 2.45) is 11.3 Å². The number of carbonyl (C=O) groups excluding carboxylic acids is 3. The Hall–Kier alpha value is -2.35. The predicted octanol–water partition coefficient (Wildman–Crippen LogP) is 5.25. The summed E-state index contributed by atoms with van der Waals surface area (Å²) in [4.78, 5) is 52.9. The van der Waals surface area contributed by atoms with E-state index in [1.165, 1.54) is 4.90 Å². The van der Waals surface area contributed by atoms with E-state index in [0.29, 0.717) is 37.3 Å². The minimum absolute atomic E-state index is 0.0478. The Labute approximate surface area is 247 Å². The van der Waals surface area contributed by atoms with Gasteiger partial charge in [-0.25, -0.2) is 4.79 Å².